The molecule has 0 spiro atoms. The number of ether oxygens (including phenoxy) is 2. The fourth-order valence-electron chi connectivity index (χ4n) is 3.54. The van der Waals surface area contributed by atoms with Gasteiger partial charge in [-0.05, 0) is 65.0 Å². The number of hydrogen-bond donors (Lipinski definition) is 1. The average Bonchev–Trinajstić information content (AvgIpc) is 2.83. The molecule has 0 aliphatic rings. The fourth-order valence-corrected chi connectivity index (χ4v) is 3.54. The van der Waals surface area contributed by atoms with E-state index in [1.807, 2.05) is 54.6 Å². The summed E-state index contributed by atoms with van der Waals surface area (Å²) >= 11 is 0. The summed E-state index contributed by atoms with van der Waals surface area (Å²) in [6, 6.07) is 25.3. The van der Waals surface area contributed by atoms with E-state index in [4.69, 9.17) is 14.6 Å². The smallest absolute Gasteiger partial charge is 0.478 e. The molecule has 3 aromatic rings. The first-order valence-corrected chi connectivity index (χ1v) is 10.8. The predicted octanol–water partition coefficient (Wildman–Crippen LogP) is 6.69. The summed E-state index contributed by atoms with van der Waals surface area (Å²) in [5.41, 5.74) is 6.12. The molecular formula is C28H26O5. The largest absolute Gasteiger partial charge is 0.513 e. The number of carbonyl (C=O) groups is 2. The summed E-state index contributed by atoms with van der Waals surface area (Å²) in [6.07, 6.45) is 2.76. The Labute approximate surface area is 193 Å². The van der Waals surface area contributed by atoms with Gasteiger partial charge in [-0.1, -0.05) is 73.7 Å². The van der Waals surface area contributed by atoms with Crippen LogP contribution in [0.25, 0.3) is 17.2 Å². The lowest BCUT2D eigenvalue weighted by atomic mass is 9.88. The fraction of sp³-hybridized carbons (Fsp3) is 0.143. The molecule has 0 heterocycles. The highest BCUT2D eigenvalue weighted by Gasteiger charge is 2.14. The van der Waals surface area contributed by atoms with Crippen molar-refractivity contribution in [3.8, 4) is 5.75 Å². The maximum Gasteiger partial charge on any atom is 0.513 e. The Morgan fingerprint density at radius 2 is 1.42 bits per heavy atom. The molecule has 1 N–H and O–H groups in total. The second-order valence-electron chi connectivity index (χ2n) is 7.18. The lowest BCUT2D eigenvalue weighted by Crippen LogP contribution is -2.09. The standard InChI is InChI=1S/C28H26O5/c1-3-25(21-8-6-5-7-9-21)27(22-13-10-20(11-14-22)12-19-26(29)30)23-15-17-24(18-16-23)33-28(31)32-4-2/h5-19H,3-4H2,1-2H3,(H,29,30)/b19-12+,27-25+. The van der Waals surface area contributed by atoms with Crippen molar-refractivity contribution in [1.82, 2.24) is 0 Å². The van der Waals surface area contributed by atoms with E-state index in [1.54, 1.807) is 25.1 Å². The van der Waals surface area contributed by atoms with Crippen molar-refractivity contribution in [2.45, 2.75) is 20.3 Å². The molecule has 0 radical (unpaired) electrons. The van der Waals surface area contributed by atoms with Gasteiger partial charge in [-0.3, -0.25) is 0 Å². The molecule has 0 bridgehead atoms. The highest BCUT2D eigenvalue weighted by Crippen LogP contribution is 2.35. The van der Waals surface area contributed by atoms with E-state index in [0.717, 1.165) is 40.3 Å². The molecule has 0 saturated heterocycles. The first-order chi connectivity index (χ1) is 16.0. The Morgan fingerprint density at radius 3 is 1.97 bits per heavy atom. The normalized spacial score (nSPS) is 11.7. The van der Waals surface area contributed by atoms with Crippen LogP contribution >= 0.6 is 0 Å². The van der Waals surface area contributed by atoms with Crippen molar-refractivity contribution < 1.29 is 24.2 Å². The summed E-state index contributed by atoms with van der Waals surface area (Å²) in [5, 5.41) is 8.87. The lowest BCUT2D eigenvalue weighted by Gasteiger charge is -2.17. The zero-order chi connectivity index (χ0) is 23.6. The van der Waals surface area contributed by atoms with Gasteiger partial charge in [0.25, 0.3) is 0 Å². The van der Waals surface area contributed by atoms with E-state index in [0.29, 0.717) is 5.75 Å². The van der Waals surface area contributed by atoms with Crippen molar-refractivity contribution in [1.29, 1.82) is 0 Å². The van der Waals surface area contributed by atoms with Gasteiger partial charge in [-0.25, -0.2) is 9.59 Å². The van der Waals surface area contributed by atoms with Crippen molar-refractivity contribution in [3.63, 3.8) is 0 Å². The molecule has 0 fully saturated rings. The van der Waals surface area contributed by atoms with Crippen molar-refractivity contribution in [2.75, 3.05) is 6.61 Å². The van der Waals surface area contributed by atoms with E-state index in [1.165, 1.54) is 5.57 Å². The van der Waals surface area contributed by atoms with E-state index in [-0.39, 0.29) is 6.61 Å². The Bertz CT molecular complexity index is 1140. The van der Waals surface area contributed by atoms with Crippen LogP contribution < -0.4 is 4.74 Å². The molecule has 5 nitrogen and oxygen atoms in total. The first kappa shape index (κ1) is 23.5. The molecule has 0 aliphatic heterocycles. The van der Waals surface area contributed by atoms with Gasteiger partial charge in [-0.15, -0.1) is 0 Å². The van der Waals surface area contributed by atoms with Gasteiger partial charge in [0.05, 0.1) is 6.61 Å². The van der Waals surface area contributed by atoms with Crippen molar-refractivity contribution in [2.24, 2.45) is 0 Å². The highest BCUT2D eigenvalue weighted by molar-refractivity contribution is 5.98. The maximum absolute atomic E-state index is 11.6. The number of rotatable bonds is 8. The maximum atomic E-state index is 11.6. The molecule has 3 rings (SSSR count). The lowest BCUT2D eigenvalue weighted by molar-refractivity contribution is -0.131. The average molecular weight is 443 g/mol. The number of allylic oxidation sites excluding steroid dienone is 1. The summed E-state index contributed by atoms with van der Waals surface area (Å²) in [4.78, 5) is 22.4. The minimum atomic E-state index is -0.984. The number of carboxylic acids is 1. The number of carbonyl (C=O) groups excluding carboxylic acids is 1. The minimum absolute atomic E-state index is 0.248. The first-order valence-electron chi connectivity index (χ1n) is 10.8. The van der Waals surface area contributed by atoms with Crippen LogP contribution in [0, 0.1) is 0 Å². The van der Waals surface area contributed by atoms with E-state index >= 15 is 0 Å². The topological polar surface area (TPSA) is 72.8 Å². The number of benzene rings is 3. The van der Waals surface area contributed by atoms with Crippen LogP contribution in [0.15, 0.2) is 84.9 Å². The van der Waals surface area contributed by atoms with Crippen molar-refractivity contribution >= 4 is 29.3 Å². The van der Waals surface area contributed by atoms with Gasteiger partial charge in [-0.2, -0.15) is 0 Å². The molecule has 3 aromatic carbocycles. The molecule has 0 atom stereocenters. The molecular weight excluding hydrogens is 416 g/mol. The third-order valence-electron chi connectivity index (χ3n) is 5.00. The van der Waals surface area contributed by atoms with Crippen LogP contribution in [0.5, 0.6) is 5.75 Å². The van der Waals surface area contributed by atoms with Crippen LogP contribution in [-0.2, 0) is 9.53 Å². The summed E-state index contributed by atoms with van der Waals surface area (Å²) in [6.45, 7) is 4.09. The van der Waals surface area contributed by atoms with Crippen LogP contribution in [0.3, 0.4) is 0 Å². The highest BCUT2D eigenvalue weighted by atomic mass is 16.7. The predicted molar refractivity (Wildman–Crippen MR) is 130 cm³/mol. The second-order valence-corrected chi connectivity index (χ2v) is 7.18. The summed E-state index contributed by atoms with van der Waals surface area (Å²) in [5.74, 6) is -0.578. The van der Waals surface area contributed by atoms with Crippen LogP contribution in [-0.4, -0.2) is 23.8 Å². The Hall–Kier alpha value is -4.12. The zero-order valence-corrected chi connectivity index (χ0v) is 18.7. The number of carboxylic acid groups (broad SMARTS) is 1. The Balaban J connectivity index is 2.06. The quantitative estimate of drug-likeness (QED) is 0.182. The molecule has 0 aliphatic carbocycles. The molecule has 0 aromatic heterocycles. The van der Waals surface area contributed by atoms with Crippen LogP contribution in [0.1, 0.15) is 42.5 Å². The molecule has 0 unspecified atom stereocenters. The zero-order valence-electron chi connectivity index (χ0n) is 18.7. The van der Waals surface area contributed by atoms with E-state index in [2.05, 4.69) is 19.1 Å². The Morgan fingerprint density at radius 1 is 0.818 bits per heavy atom. The van der Waals surface area contributed by atoms with E-state index in [9.17, 15) is 9.59 Å². The molecule has 5 heteroatoms. The summed E-state index contributed by atoms with van der Waals surface area (Å²) in [7, 11) is 0. The SMILES string of the molecule is CCOC(=O)Oc1ccc(/C(=C(\CC)c2ccccc2)c2ccc(/C=C/C(=O)O)cc2)cc1. The van der Waals surface area contributed by atoms with Crippen molar-refractivity contribution in [3.05, 3.63) is 107 Å². The van der Waals surface area contributed by atoms with Gasteiger partial charge in [0.1, 0.15) is 5.75 Å². The third kappa shape index (κ3) is 6.43. The Kier molecular flexibility index (Phi) is 8.19. The van der Waals surface area contributed by atoms with Crippen LogP contribution in [0.4, 0.5) is 4.79 Å². The number of hydrogen-bond acceptors (Lipinski definition) is 4. The summed E-state index contributed by atoms with van der Waals surface area (Å²) < 4.78 is 10.0. The van der Waals surface area contributed by atoms with Gasteiger partial charge >= 0.3 is 12.1 Å². The van der Waals surface area contributed by atoms with Gasteiger partial charge in [0.2, 0.25) is 0 Å². The molecule has 168 valence electrons. The molecule has 33 heavy (non-hydrogen) atoms. The second kappa shape index (κ2) is 11.5. The molecule has 0 amide bonds. The minimum Gasteiger partial charge on any atom is -0.478 e. The monoisotopic (exact) mass is 442 g/mol. The van der Waals surface area contributed by atoms with Gasteiger partial charge in [0.15, 0.2) is 0 Å². The van der Waals surface area contributed by atoms with Gasteiger partial charge in [0, 0.05) is 6.08 Å². The third-order valence-corrected chi connectivity index (χ3v) is 5.00. The van der Waals surface area contributed by atoms with Crippen LogP contribution in [0.2, 0.25) is 0 Å². The molecule has 0 saturated carbocycles. The van der Waals surface area contributed by atoms with E-state index < -0.39 is 12.1 Å². The van der Waals surface area contributed by atoms with Gasteiger partial charge < -0.3 is 14.6 Å². The number of aliphatic carboxylic acids is 1.